The van der Waals surface area contributed by atoms with Crippen LogP contribution in [0.15, 0.2) is 24.7 Å². The molecule has 2 atom stereocenters. The van der Waals surface area contributed by atoms with Gasteiger partial charge in [0.1, 0.15) is 18.0 Å². The maximum absolute atomic E-state index is 5.80. The Morgan fingerprint density at radius 3 is 3.04 bits per heavy atom. The number of anilines is 2. The van der Waals surface area contributed by atoms with E-state index in [9.17, 15) is 0 Å². The summed E-state index contributed by atoms with van der Waals surface area (Å²) >= 11 is 0. The summed E-state index contributed by atoms with van der Waals surface area (Å²) in [5.41, 5.74) is 6.99. The number of nitrogens with one attached hydrogen (secondary N) is 1. The molecule has 0 saturated carbocycles. The van der Waals surface area contributed by atoms with Crippen LogP contribution in [0.25, 0.3) is 0 Å². The molecule has 1 aliphatic heterocycles. The summed E-state index contributed by atoms with van der Waals surface area (Å²) in [6.45, 7) is 5.43. The van der Waals surface area contributed by atoms with Crippen LogP contribution in [0.4, 0.5) is 11.6 Å². The fourth-order valence-electron chi connectivity index (χ4n) is 3.20. The van der Waals surface area contributed by atoms with E-state index in [2.05, 4.69) is 32.2 Å². The van der Waals surface area contributed by atoms with Gasteiger partial charge in [-0.1, -0.05) is 0 Å². The minimum Gasteiger partial charge on any atom is -0.384 e. The Bertz CT molecular complexity index is 659. The standard InChI is InChI=1S/C16H25N7O/c1-3-23-12(4-5-21-23)8-18-9-13-6-14(24-2)10-22(13)16-7-15(17)19-11-20-16/h4-5,7,11,13-14,18H,3,6,8-10H2,1-2H3,(H2,17,19,20)/t13-,14-/m1/s1. The highest BCUT2D eigenvalue weighted by Gasteiger charge is 2.32. The van der Waals surface area contributed by atoms with E-state index in [1.54, 1.807) is 7.11 Å². The second kappa shape index (κ2) is 7.59. The Balaban J connectivity index is 1.63. The first-order valence-electron chi connectivity index (χ1n) is 8.29. The molecule has 0 aliphatic carbocycles. The lowest BCUT2D eigenvalue weighted by Crippen LogP contribution is -2.38. The zero-order chi connectivity index (χ0) is 16.9. The van der Waals surface area contributed by atoms with Gasteiger partial charge in [-0.3, -0.25) is 4.68 Å². The molecule has 3 N–H and O–H groups in total. The summed E-state index contributed by atoms with van der Waals surface area (Å²) in [5.74, 6) is 1.34. The van der Waals surface area contributed by atoms with Crippen molar-refractivity contribution >= 4 is 11.6 Å². The smallest absolute Gasteiger partial charge is 0.134 e. The first-order valence-corrected chi connectivity index (χ1v) is 8.29. The van der Waals surface area contributed by atoms with Gasteiger partial charge in [-0.05, 0) is 19.4 Å². The normalized spacial score (nSPS) is 20.7. The number of rotatable bonds is 7. The summed E-state index contributed by atoms with van der Waals surface area (Å²) < 4.78 is 7.56. The number of nitrogens with zero attached hydrogens (tertiary/aromatic N) is 5. The van der Waals surface area contributed by atoms with Crippen LogP contribution in [0.3, 0.4) is 0 Å². The zero-order valence-corrected chi connectivity index (χ0v) is 14.2. The Morgan fingerprint density at radius 2 is 2.29 bits per heavy atom. The molecule has 1 saturated heterocycles. The molecule has 2 aromatic heterocycles. The Morgan fingerprint density at radius 1 is 1.42 bits per heavy atom. The van der Waals surface area contributed by atoms with E-state index in [-0.39, 0.29) is 6.10 Å². The van der Waals surface area contributed by atoms with Crippen LogP contribution in [0.5, 0.6) is 0 Å². The van der Waals surface area contributed by atoms with Gasteiger partial charge in [-0.25, -0.2) is 9.97 Å². The lowest BCUT2D eigenvalue weighted by molar-refractivity contribution is 0.118. The highest BCUT2D eigenvalue weighted by molar-refractivity contribution is 5.48. The van der Waals surface area contributed by atoms with Crippen molar-refractivity contribution in [3.63, 3.8) is 0 Å². The van der Waals surface area contributed by atoms with E-state index >= 15 is 0 Å². The van der Waals surface area contributed by atoms with Gasteiger partial charge >= 0.3 is 0 Å². The predicted molar refractivity (Wildman–Crippen MR) is 92.6 cm³/mol. The monoisotopic (exact) mass is 331 g/mol. The Labute approximate surface area is 142 Å². The van der Waals surface area contributed by atoms with Crippen molar-refractivity contribution in [3.8, 4) is 0 Å². The quantitative estimate of drug-likeness (QED) is 0.769. The number of nitrogen functional groups attached to an aromatic ring is 1. The van der Waals surface area contributed by atoms with E-state index in [0.29, 0.717) is 11.9 Å². The molecule has 1 fully saturated rings. The third-order valence-corrected chi connectivity index (χ3v) is 4.47. The maximum Gasteiger partial charge on any atom is 0.134 e. The SMILES string of the molecule is CCn1nccc1CNC[C@H]1C[C@@H](OC)CN1c1cc(N)ncn1. The number of hydrogen-bond donors (Lipinski definition) is 2. The number of ether oxygens (including phenoxy) is 1. The molecule has 0 unspecified atom stereocenters. The van der Waals surface area contributed by atoms with E-state index in [1.165, 1.54) is 12.0 Å². The molecule has 0 spiro atoms. The highest BCUT2D eigenvalue weighted by atomic mass is 16.5. The molecule has 1 aliphatic rings. The number of methoxy groups -OCH3 is 1. The molecule has 2 aromatic rings. The largest absolute Gasteiger partial charge is 0.384 e. The van der Waals surface area contributed by atoms with Gasteiger partial charge in [0.15, 0.2) is 0 Å². The first-order chi connectivity index (χ1) is 11.7. The Kier molecular flexibility index (Phi) is 5.27. The van der Waals surface area contributed by atoms with E-state index in [4.69, 9.17) is 10.5 Å². The second-order valence-corrected chi connectivity index (χ2v) is 5.97. The fraction of sp³-hybridized carbons (Fsp3) is 0.562. The molecule has 8 heteroatoms. The topological polar surface area (TPSA) is 94.1 Å². The van der Waals surface area contributed by atoms with Crippen molar-refractivity contribution in [2.24, 2.45) is 0 Å². The van der Waals surface area contributed by atoms with Crippen molar-refractivity contribution in [1.82, 2.24) is 25.1 Å². The van der Waals surface area contributed by atoms with Crippen molar-refractivity contribution < 1.29 is 4.74 Å². The summed E-state index contributed by atoms with van der Waals surface area (Å²) in [6.07, 6.45) is 4.51. The first kappa shape index (κ1) is 16.7. The summed E-state index contributed by atoms with van der Waals surface area (Å²) in [4.78, 5) is 10.6. The van der Waals surface area contributed by atoms with Crippen LogP contribution in [0.2, 0.25) is 0 Å². The lowest BCUT2D eigenvalue weighted by Gasteiger charge is -2.25. The average Bonchev–Trinajstić information content (AvgIpc) is 3.21. The van der Waals surface area contributed by atoms with Crippen molar-refractivity contribution in [1.29, 1.82) is 0 Å². The summed E-state index contributed by atoms with van der Waals surface area (Å²) in [6, 6.07) is 4.17. The van der Waals surface area contributed by atoms with E-state index in [0.717, 1.165) is 38.4 Å². The number of nitrogens with two attached hydrogens (primary N) is 1. The third-order valence-electron chi connectivity index (χ3n) is 4.47. The molecular weight excluding hydrogens is 306 g/mol. The highest BCUT2D eigenvalue weighted by Crippen LogP contribution is 2.25. The van der Waals surface area contributed by atoms with Crippen LogP contribution >= 0.6 is 0 Å². The van der Waals surface area contributed by atoms with Gasteiger partial charge in [-0.15, -0.1) is 0 Å². The van der Waals surface area contributed by atoms with Crippen LogP contribution in [0.1, 0.15) is 19.0 Å². The van der Waals surface area contributed by atoms with Crippen molar-refractivity contribution in [3.05, 3.63) is 30.4 Å². The number of aryl methyl sites for hydroxylation is 1. The van der Waals surface area contributed by atoms with Crippen LogP contribution in [-0.4, -0.2) is 52.1 Å². The molecule has 3 rings (SSSR count). The van der Waals surface area contributed by atoms with E-state index in [1.807, 2.05) is 23.0 Å². The molecule has 0 aromatic carbocycles. The Hall–Kier alpha value is -2.19. The van der Waals surface area contributed by atoms with Crippen molar-refractivity contribution in [2.75, 3.05) is 30.8 Å². The minimum atomic E-state index is 0.203. The lowest BCUT2D eigenvalue weighted by atomic mass is 10.2. The fourth-order valence-corrected chi connectivity index (χ4v) is 3.20. The molecule has 3 heterocycles. The molecule has 0 bridgehead atoms. The second-order valence-electron chi connectivity index (χ2n) is 5.97. The van der Waals surface area contributed by atoms with Gasteiger partial charge in [0.25, 0.3) is 0 Å². The van der Waals surface area contributed by atoms with Gasteiger partial charge in [-0.2, -0.15) is 5.10 Å². The van der Waals surface area contributed by atoms with Gasteiger partial charge < -0.3 is 20.7 Å². The maximum atomic E-state index is 5.80. The molecule has 0 amide bonds. The van der Waals surface area contributed by atoms with Crippen molar-refractivity contribution in [2.45, 2.75) is 38.6 Å². The zero-order valence-electron chi connectivity index (χ0n) is 14.2. The molecule has 0 radical (unpaired) electrons. The predicted octanol–water partition coefficient (Wildman–Crippen LogP) is 0.659. The van der Waals surface area contributed by atoms with Crippen LogP contribution < -0.4 is 16.0 Å². The average molecular weight is 331 g/mol. The molecule has 8 nitrogen and oxygen atoms in total. The third kappa shape index (κ3) is 3.65. The summed E-state index contributed by atoms with van der Waals surface area (Å²) in [7, 11) is 1.76. The van der Waals surface area contributed by atoms with Crippen LogP contribution in [-0.2, 0) is 17.8 Å². The molecule has 130 valence electrons. The minimum absolute atomic E-state index is 0.203. The number of aromatic nitrogens is 4. The number of hydrogen-bond acceptors (Lipinski definition) is 7. The summed E-state index contributed by atoms with van der Waals surface area (Å²) in [5, 5.41) is 7.83. The van der Waals surface area contributed by atoms with Gasteiger partial charge in [0.2, 0.25) is 0 Å². The van der Waals surface area contributed by atoms with E-state index < -0.39 is 0 Å². The van der Waals surface area contributed by atoms with Gasteiger partial charge in [0, 0.05) is 51.6 Å². The molecule has 24 heavy (non-hydrogen) atoms. The van der Waals surface area contributed by atoms with Crippen LogP contribution in [0, 0.1) is 0 Å². The molecular formula is C16H25N7O. The van der Waals surface area contributed by atoms with Gasteiger partial charge in [0.05, 0.1) is 11.8 Å².